The van der Waals surface area contributed by atoms with Gasteiger partial charge in [0.05, 0.1) is 0 Å². The van der Waals surface area contributed by atoms with Crippen molar-refractivity contribution in [1.29, 1.82) is 0 Å². The molecule has 2 nitrogen and oxygen atoms in total. The SMILES string of the molecule is C=CCC/C=C/CCCCCCC(=O)CCCCO. The first-order valence-corrected chi connectivity index (χ1v) is 7.69. The Kier molecular flexibility index (Phi) is 14.5. The van der Waals surface area contributed by atoms with Gasteiger partial charge in [0.1, 0.15) is 5.78 Å². The molecule has 0 aromatic heterocycles. The largest absolute Gasteiger partial charge is 0.396 e. The van der Waals surface area contributed by atoms with Crippen molar-refractivity contribution >= 4 is 5.78 Å². The molecule has 0 amide bonds. The molecule has 110 valence electrons. The zero-order valence-electron chi connectivity index (χ0n) is 12.3. The molecule has 0 saturated carbocycles. The summed E-state index contributed by atoms with van der Waals surface area (Å²) in [5.41, 5.74) is 0. The van der Waals surface area contributed by atoms with E-state index < -0.39 is 0 Å². The molecule has 0 aromatic carbocycles. The molecule has 0 aliphatic rings. The van der Waals surface area contributed by atoms with Crippen LogP contribution in [0, 0.1) is 0 Å². The van der Waals surface area contributed by atoms with Gasteiger partial charge in [-0.2, -0.15) is 0 Å². The highest BCUT2D eigenvalue weighted by Gasteiger charge is 2.00. The zero-order valence-corrected chi connectivity index (χ0v) is 12.3. The molecule has 1 N–H and O–H groups in total. The molecule has 0 rings (SSSR count). The van der Waals surface area contributed by atoms with Crippen LogP contribution in [0.4, 0.5) is 0 Å². The zero-order chi connectivity index (χ0) is 14.2. The van der Waals surface area contributed by atoms with E-state index in [-0.39, 0.29) is 6.61 Å². The molecule has 0 atom stereocenters. The molecule has 0 radical (unpaired) electrons. The maximum absolute atomic E-state index is 11.5. The predicted molar refractivity (Wildman–Crippen MR) is 82.2 cm³/mol. The third kappa shape index (κ3) is 15.1. The van der Waals surface area contributed by atoms with E-state index in [2.05, 4.69) is 18.7 Å². The molecule has 0 bridgehead atoms. The van der Waals surface area contributed by atoms with Crippen LogP contribution in [0.15, 0.2) is 24.8 Å². The number of aliphatic hydroxyl groups is 1. The van der Waals surface area contributed by atoms with E-state index in [9.17, 15) is 4.79 Å². The number of ketones is 1. The monoisotopic (exact) mass is 266 g/mol. The van der Waals surface area contributed by atoms with E-state index in [1.807, 2.05) is 6.08 Å². The lowest BCUT2D eigenvalue weighted by Gasteiger charge is -2.00. The summed E-state index contributed by atoms with van der Waals surface area (Å²) in [4.78, 5) is 11.5. The maximum atomic E-state index is 11.5. The van der Waals surface area contributed by atoms with Gasteiger partial charge in [0.15, 0.2) is 0 Å². The Hall–Kier alpha value is -0.890. The normalized spacial score (nSPS) is 11.0. The van der Waals surface area contributed by atoms with Gasteiger partial charge in [0.25, 0.3) is 0 Å². The summed E-state index contributed by atoms with van der Waals surface area (Å²) in [5.74, 6) is 0.359. The first kappa shape index (κ1) is 18.1. The lowest BCUT2D eigenvalue weighted by atomic mass is 10.1. The molecule has 0 saturated heterocycles. The van der Waals surface area contributed by atoms with Crippen LogP contribution in [0.2, 0.25) is 0 Å². The first-order valence-electron chi connectivity index (χ1n) is 7.69. The summed E-state index contributed by atoms with van der Waals surface area (Å²) in [6.07, 6.45) is 17.3. The molecule has 0 aliphatic heterocycles. The van der Waals surface area contributed by atoms with Gasteiger partial charge in [-0.15, -0.1) is 6.58 Å². The predicted octanol–water partition coefficient (Wildman–Crippen LogP) is 4.58. The van der Waals surface area contributed by atoms with Gasteiger partial charge in [-0.05, 0) is 44.9 Å². The molecule has 0 fully saturated rings. The van der Waals surface area contributed by atoms with Crippen molar-refractivity contribution in [2.24, 2.45) is 0 Å². The van der Waals surface area contributed by atoms with Gasteiger partial charge in [-0.3, -0.25) is 4.79 Å². The Bertz CT molecular complexity index is 244. The van der Waals surface area contributed by atoms with Crippen LogP contribution in [-0.4, -0.2) is 17.5 Å². The van der Waals surface area contributed by atoms with E-state index in [1.54, 1.807) is 0 Å². The molecule has 0 heterocycles. The molecule has 2 heteroatoms. The number of rotatable bonds is 14. The second-order valence-electron chi connectivity index (χ2n) is 5.01. The third-order valence-electron chi connectivity index (χ3n) is 3.14. The van der Waals surface area contributed by atoms with Gasteiger partial charge in [-0.1, -0.05) is 31.1 Å². The van der Waals surface area contributed by atoms with E-state index in [0.717, 1.165) is 51.4 Å². The molecule has 0 aliphatic carbocycles. The highest BCUT2D eigenvalue weighted by atomic mass is 16.2. The lowest BCUT2D eigenvalue weighted by Crippen LogP contribution is -1.98. The number of carbonyl (C=O) groups excluding carboxylic acids is 1. The van der Waals surface area contributed by atoms with E-state index in [1.165, 1.54) is 12.8 Å². The summed E-state index contributed by atoms with van der Waals surface area (Å²) < 4.78 is 0. The summed E-state index contributed by atoms with van der Waals surface area (Å²) in [6, 6.07) is 0. The fourth-order valence-electron chi connectivity index (χ4n) is 1.95. The van der Waals surface area contributed by atoms with Gasteiger partial charge in [-0.25, -0.2) is 0 Å². The Morgan fingerprint density at radius 2 is 1.47 bits per heavy atom. The number of hydrogen-bond acceptors (Lipinski definition) is 2. The van der Waals surface area contributed by atoms with Crippen LogP contribution >= 0.6 is 0 Å². The first-order chi connectivity index (χ1) is 9.31. The number of Topliss-reactive ketones (excluding diaryl/α,β-unsaturated/α-hetero) is 1. The van der Waals surface area contributed by atoms with Crippen LogP contribution in [0.25, 0.3) is 0 Å². The number of carbonyl (C=O) groups is 1. The van der Waals surface area contributed by atoms with Crippen LogP contribution < -0.4 is 0 Å². The van der Waals surface area contributed by atoms with Crippen LogP contribution in [0.3, 0.4) is 0 Å². The second kappa shape index (κ2) is 15.2. The summed E-state index contributed by atoms with van der Waals surface area (Å²) >= 11 is 0. The van der Waals surface area contributed by atoms with Crippen molar-refractivity contribution < 1.29 is 9.90 Å². The number of hydrogen-bond donors (Lipinski definition) is 1. The fourth-order valence-corrected chi connectivity index (χ4v) is 1.95. The van der Waals surface area contributed by atoms with E-state index in [4.69, 9.17) is 5.11 Å². The average Bonchev–Trinajstić information content (AvgIpc) is 2.41. The van der Waals surface area contributed by atoms with Gasteiger partial charge in [0, 0.05) is 19.4 Å². The van der Waals surface area contributed by atoms with E-state index in [0.29, 0.717) is 12.2 Å². The summed E-state index contributed by atoms with van der Waals surface area (Å²) in [6.45, 7) is 3.89. The summed E-state index contributed by atoms with van der Waals surface area (Å²) in [7, 11) is 0. The van der Waals surface area contributed by atoms with Gasteiger partial charge < -0.3 is 5.11 Å². The average molecular weight is 266 g/mol. The van der Waals surface area contributed by atoms with E-state index >= 15 is 0 Å². The number of unbranched alkanes of at least 4 members (excludes halogenated alkanes) is 6. The molecular weight excluding hydrogens is 236 g/mol. The molecule has 0 unspecified atom stereocenters. The number of allylic oxidation sites excluding steroid dienone is 3. The van der Waals surface area contributed by atoms with Crippen molar-refractivity contribution in [3.05, 3.63) is 24.8 Å². The maximum Gasteiger partial charge on any atom is 0.132 e. The minimum Gasteiger partial charge on any atom is -0.396 e. The van der Waals surface area contributed by atoms with Crippen LogP contribution in [-0.2, 0) is 4.79 Å². The highest BCUT2D eigenvalue weighted by molar-refractivity contribution is 5.78. The Morgan fingerprint density at radius 3 is 2.16 bits per heavy atom. The van der Waals surface area contributed by atoms with Crippen molar-refractivity contribution in [1.82, 2.24) is 0 Å². The minimum absolute atomic E-state index is 0.202. The second-order valence-corrected chi connectivity index (χ2v) is 5.01. The quantitative estimate of drug-likeness (QED) is 0.369. The number of aliphatic hydroxyl groups excluding tert-OH is 1. The van der Waals surface area contributed by atoms with Crippen molar-refractivity contribution in [2.75, 3.05) is 6.61 Å². The van der Waals surface area contributed by atoms with Crippen LogP contribution in [0.1, 0.15) is 70.6 Å². The summed E-state index contributed by atoms with van der Waals surface area (Å²) in [5, 5.41) is 8.62. The standard InChI is InChI=1S/C17H30O2/c1-2-3-4-5-6-7-8-9-10-11-14-17(19)15-12-13-16-18/h2,5-6,18H,1,3-4,7-16H2/b6-5+. The smallest absolute Gasteiger partial charge is 0.132 e. The Morgan fingerprint density at radius 1 is 0.842 bits per heavy atom. The van der Waals surface area contributed by atoms with Crippen LogP contribution in [0.5, 0.6) is 0 Å². The van der Waals surface area contributed by atoms with Crippen molar-refractivity contribution in [3.63, 3.8) is 0 Å². The molecular formula is C17H30O2. The third-order valence-corrected chi connectivity index (χ3v) is 3.14. The highest BCUT2D eigenvalue weighted by Crippen LogP contribution is 2.09. The minimum atomic E-state index is 0.202. The molecule has 0 spiro atoms. The van der Waals surface area contributed by atoms with Crippen molar-refractivity contribution in [3.8, 4) is 0 Å². The topological polar surface area (TPSA) is 37.3 Å². The van der Waals surface area contributed by atoms with Gasteiger partial charge in [0.2, 0.25) is 0 Å². The molecule has 19 heavy (non-hydrogen) atoms. The fraction of sp³-hybridized carbons (Fsp3) is 0.706. The van der Waals surface area contributed by atoms with Gasteiger partial charge >= 0.3 is 0 Å². The molecule has 0 aromatic rings. The van der Waals surface area contributed by atoms with Crippen molar-refractivity contribution in [2.45, 2.75) is 70.6 Å². The Balaban J connectivity index is 3.19. The Labute approximate surface area is 118 Å². The lowest BCUT2D eigenvalue weighted by molar-refractivity contribution is -0.119.